The third kappa shape index (κ3) is 10.4. The molecule has 0 saturated heterocycles. The molecule has 1 aromatic rings. The molecule has 0 unspecified atom stereocenters. The number of carbonyl (C=O) groups excluding carboxylic acids is 5. The summed E-state index contributed by atoms with van der Waals surface area (Å²) in [5.41, 5.74) is 0.737. The Labute approximate surface area is 204 Å². The average Bonchev–Trinajstić information content (AvgIpc) is 2.81. The number of hydrogen-bond acceptors (Lipinski definition) is 8. The van der Waals surface area contributed by atoms with Crippen LogP contribution in [0.1, 0.15) is 40.2 Å². The number of esters is 1. The fourth-order valence-electron chi connectivity index (χ4n) is 2.73. The summed E-state index contributed by atoms with van der Waals surface area (Å²) in [6, 6.07) is 4.46. The number of ether oxygens (including phenoxy) is 2. The normalized spacial score (nSPS) is 14.8. The molecule has 12 heteroatoms. The van der Waals surface area contributed by atoms with Crippen LogP contribution in [0, 0.1) is 0 Å². The Morgan fingerprint density at radius 2 is 1.29 bits per heavy atom. The highest BCUT2D eigenvalue weighted by atomic mass is 16.5. The molecular formula is C23H34N4O8. The Morgan fingerprint density at radius 3 is 1.80 bits per heavy atom. The summed E-state index contributed by atoms with van der Waals surface area (Å²) in [6.07, 6.45) is -2.21. The molecule has 12 nitrogen and oxygen atoms in total. The average molecular weight is 495 g/mol. The van der Waals surface area contributed by atoms with Gasteiger partial charge in [0.1, 0.15) is 30.8 Å². The molecule has 0 aliphatic rings. The Kier molecular flexibility index (Phi) is 12.2. The standard InChI is InChI=1S/C23H34N4O8/c1-6-34-22(32)15(4)26-20(30)13(2)24-19(29)14(3)25-21(31)18(16(5)28)27-23(33)35-12-17-10-8-7-9-11-17/h7-11,13-16,18,28H,6,12H2,1-5H3,(H,24,29)(H,25,31)(H,26,30)(H,27,33)/t13-,14-,15-,16+,18-/m0/s1. The molecule has 5 atom stereocenters. The highest BCUT2D eigenvalue weighted by molar-refractivity contribution is 5.94. The van der Waals surface area contributed by atoms with Gasteiger partial charge in [0, 0.05) is 0 Å². The van der Waals surface area contributed by atoms with Crippen molar-refractivity contribution in [3.8, 4) is 0 Å². The van der Waals surface area contributed by atoms with Crippen LogP contribution >= 0.6 is 0 Å². The second-order valence-electron chi connectivity index (χ2n) is 7.87. The molecule has 0 heterocycles. The zero-order chi connectivity index (χ0) is 26.5. The Morgan fingerprint density at radius 1 is 0.771 bits per heavy atom. The number of nitrogens with one attached hydrogen (secondary N) is 4. The molecule has 0 aliphatic heterocycles. The van der Waals surface area contributed by atoms with Gasteiger partial charge < -0.3 is 35.8 Å². The lowest BCUT2D eigenvalue weighted by atomic mass is 10.1. The lowest BCUT2D eigenvalue weighted by Gasteiger charge is -2.24. The molecule has 1 aromatic carbocycles. The lowest BCUT2D eigenvalue weighted by Crippen LogP contribution is -2.58. The molecule has 0 radical (unpaired) electrons. The van der Waals surface area contributed by atoms with Gasteiger partial charge in [0.15, 0.2) is 0 Å². The Bertz CT molecular complexity index is 878. The maximum Gasteiger partial charge on any atom is 0.408 e. The fraction of sp³-hybridized carbons (Fsp3) is 0.522. The predicted molar refractivity (Wildman–Crippen MR) is 125 cm³/mol. The molecule has 0 saturated carbocycles. The largest absolute Gasteiger partial charge is 0.464 e. The topological polar surface area (TPSA) is 172 Å². The van der Waals surface area contributed by atoms with E-state index in [0.29, 0.717) is 0 Å². The van der Waals surface area contributed by atoms with Gasteiger partial charge in [0.25, 0.3) is 0 Å². The van der Waals surface area contributed by atoms with E-state index >= 15 is 0 Å². The molecule has 35 heavy (non-hydrogen) atoms. The first-order chi connectivity index (χ1) is 16.5. The van der Waals surface area contributed by atoms with Crippen molar-refractivity contribution in [2.45, 2.75) is 71.5 Å². The van der Waals surface area contributed by atoms with Crippen molar-refractivity contribution in [3.63, 3.8) is 0 Å². The van der Waals surface area contributed by atoms with Gasteiger partial charge in [0.2, 0.25) is 17.7 Å². The second kappa shape index (κ2) is 14.6. The van der Waals surface area contributed by atoms with Crippen LogP contribution in [0.5, 0.6) is 0 Å². The first-order valence-corrected chi connectivity index (χ1v) is 11.2. The third-order valence-electron chi connectivity index (χ3n) is 4.75. The zero-order valence-corrected chi connectivity index (χ0v) is 20.5. The first kappa shape index (κ1) is 29.4. The Hall–Kier alpha value is -3.67. The zero-order valence-electron chi connectivity index (χ0n) is 20.5. The van der Waals surface area contributed by atoms with E-state index in [4.69, 9.17) is 9.47 Å². The van der Waals surface area contributed by atoms with E-state index in [1.807, 2.05) is 6.07 Å². The summed E-state index contributed by atoms with van der Waals surface area (Å²) in [5.74, 6) is -2.76. The second-order valence-corrected chi connectivity index (χ2v) is 7.87. The van der Waals surface area contributed by atoms with Crippen molar-refractivity contribution in [1.82, 2.24) is 21.3 Å². The van der Waals surface area contributed by atoms with Crippen LogP contribution in [0.15, 0.2) is 30.3 Å². The molecule has 194 valence electrons. The predicted octanol–water partition coefficient (Wildman–Crippen LogP) is -0.261. The molecule has 0 aliphatic carbocycles. The van der Waals surface area contributed by atoms with Crippen LogP contribution in [-0.2, 0) is 35.3 Å². The van der Waals surface area contributed by atoms with E-state index in [1.165, 1.54) is 27.7 Å². The summed E-state index contributed by atoms with van der Waals surface area (Å²) < 4.78 is 9.86. The summed E-state index contributed by atoms with van der Waals surface area (Å²) in [5, 5.41) is 19.4. The van der Waals surface area contributed by atoms with Gasteiger partial charge in [-0.05, 0) is 40.2 Å². The summed E-state index contributed by atoms with van der Waals surface area (Å²) in [4.78, 5) is 60.9. The van der Waals surface area contributed by atoms with Gasteiger partial charge in [-0.2, -0.15) is 0 Å². The van der Waals surface area contributed by atoms with Crippen molar-refractivity contribution in [3.05, 3.63) is 35.9 Å². The van der Waals surface area contributed by atoms with Gasteiger partial charge >= 0.3 is 12.1 Å². The highest BCUT2D eigenvalue weighted by Crippen LogP contribution is 2.02. The van der Waals surface area contributed by atoms with Crippen LogP contribution in [0.2, 0.25) is 0 Å². The van der Waals surface area contributed by atoms with Gasteiger partial charge in [-0.15, -0.1) is 0 Å². The van der Waals surface area contributed by atoms with Crippen molar-refractivity contribution in [1.29, 1.82) is 0 Å². The highest BCUT2D eigenvalue weighted by Gasteiger charge is 2.30. The van der Waals surface area contributed by atoms with E-state index in [1.54, 1.807) is 31.2 Å². The molecule has 0 spiro atoms. The molecule has 0 aromatic heterocycles. The number of rotatable bonds is 12. The van der Waals surface area contributed by atoms with E-state index in [-0.39, 0.29) is 13.2 Å². The number of aliphatic hydroxyl groups is 1. The summed E-state index contributed by atoms with van der Waals surface area (Å²) >= 11 is 0. The fourth-order valence-corrected chi connectivity index (χ4v) is 2.73. The van der Waals surface area contributed by atoms with Crippen molar-refractivity contribution in [2.24, 2.45) is 0 Å². The molecule has 4 amide bonds. The number of aliphatic hydroxyl groups excluding tert-OH is 1. The van der Waals surface area contributed by atoms with Gasteiger partial charge in [-0.25, -0.2) is 9.59 Å². The minimum Gasteiger partial charge on any atom is -0.464 e. The van der Waals surface area contributed by atoms with Crippen LogP contribution in [-0.4, -0.2) is 71.8 Å². The van der Waals surface area contributed by atoms with Crippen LogP contribution in [0.4, 0.5) is 4.79 Å². The van der Waals surface area contributed by atoms with E-state index < -0.39 is 60.1 Å². The van der Waals surface area contributed by atoms with Crippen LogP contribution < -0.4 is 21.3 Å². The number of alkyl carbamates (subject to hydrolysis) is 1. The van der Waals surface area contributed by atoms with Gasteiger partial charge in [0.05, 0.1) is 12.7 Å². The van der Waals surface area contributed by atoms with Crippen molar-refractivity contribution >= 4 is 29.8 Å². The number of amides is 4. The number of benzene rings is 1. The van der Waals surface area contributed by atoms with Gasteiger partial charge in [-0.1, -0.05) is 30.3 Å². The monoisotopic (exact) mass is 494 g/mol. The maximum absolute atomic E-state index is 12.6. The van der Waals surface area contributed by atoms with E-state index in [0.717, 1.165) is 5.56 Å². The number of carbonyl (C=O) groups is 5. The molecule has 0 fully saturated rings. The van der Waals surface area contributed by atoms with Crippen molar-refractivity contribution in [2.75, 3.05) is 6.61 Å². The Balaban J connectivity index is 2.58. The summed E-state index contributed by atoms with van der Waals surface area (Å²) in [7, 11) is 0. The third-order valence-corrected chi connectivity index (χ3v) is 4.75. The number of hydrogen-bond donors (Lipinski definition) is 5. The van der Waals surface area contributed by atoms with Crippen molar-refractivity contribution < 1.29 is 38.6 Å². The summed E-state index contributed by atoms with van der Waals surface area (Å²) in [6.45, 7) is 7.28. The lowest BCUT2D eigenvalue weighted by molar-refractivity contribution is -0.147. The smallest absolute Gasteiger partial charge is 0.408 e. The minimum atomic E-state index is -1.39. The quantitative estimate of drug-likeness (QED) is 0.247. The minimum absolute atomic E-state index is 0.0334. The molecule has 5 N–H and O–H groups in total. The van der Waals surface area contributed by atoms with E-state index in [2.05, 4.69) is 21.3 Å². The van der Waals surface area contributed by atoms with Gasteiger partial charge in [-0.3, -0.25) is 14.4 Å². The SMILES string of the molecule is CCOC(=O)[C@H](C)NC(=O)[C@H](C)NC(=O)[C@H](C)NC(=O)[C@@H](NC(=O)OCc1ccccc1)[C@@H](C)O. The molecule has 1 rings (SSSR count). The molecule has 0 bridgehead atoms. The van der Waals surface area contributed by atoms with Crippen LogP contribution in [0.25, 0.3) is 0 Å². The van der Waals surface area contributed by atoms with Crippen LogP contribution in [0.3, 0.4) is 0 Å². The van der Waals surface area contributed by atoms with E-state index in [9.17, 15) is 29.1 Å². The maximum atomic E-state index is 12.6. The molecular weight excluding hydrogens is 460 g/mol. The first-order valence-electron chi connectivity index (χ1n) is 11.2.